The summed E-state index contributed by atoms with van der Waals surface area (Å²) in [5, 5.41) is 24.4. The van der Waals surface area contributed by atoms with Gasteiger partial charge in [0, 0.05) is 36.8 Å². The molecule has 2 heterocycles. The van der Waals surface area contributed by atoms with Crippen molar-refractivity contribution in [2.45, 2.75) is 44.3 Å². The first-order valence-corrected chi connectivity index (χ1v) is 10.2. The Kier molecular flexibility index (Phi) is 7.17. The number of aromatic amines is 1. The fraction of sp³-hybridized carbons (Fsp3) is 0.450. The minimum Gasteiger partial charge on any atom is -0.465 e. The van der Waals surface area contributed by atoms with E-state index in [2.05, 4.69) is 15.6 Å². The van der Waals surface area contributed by atoms with Gasteiger partial charge in [-0.3, -0.25) is 9.59 Å². The van der Waals surface area contributed by atoms with Crippen molar-refractivity contribution < 1.29 is 24.6 Å². The molecule has 9 nitrogen and oxygen atoms in total. The number of H-pyrrole nitrogens is 1. The van der Waals surface area contributed by atoms with Gasteiger partial charge in [0.15, 0.2) is 0 Å². The number of aromatic nitrogens is 1. The number of aliphatic hydroxyl groups excluding tert-OH is 1. The number of likely N-dealkylation sites (tertiary alicyclic amines) is 1. The number of halogens is 1. The number of hydrogen-bond acceptors (Lipinski definition) is 4. The van der Waals surface area contributed by atoms with Gasteiger partial charge < -0.3 is 30.7 Å². The summed E-state index contributed by atoms with van der Waals surface area (Å²) in [6, 6.07) is 4.12. The minimum absolute atomic E-state index is 0.0253. The van der Waals surface area contributed by atoms with Crippen molar-refractivity contribution in [3.05, 3.63) is 35.0 Å². The van der Waals surface area contributed by atoms with E-state index in [9.17, 15) is 14.4 Å². The number of amides is 3. The van der Waals surface area contributed by atoms with Crippen LogP contribution in [0.5, 0.6) is 0 Å². The van der Waals surface area contributed by atoms with E-state index in [1.54, 1.807) is 6.20 Å². The molecule has 162 valence electrons. The van der Waals surface area contributed by atoms with Gasteiger partial charge in [-0.15, -0.1) is 0 Å². The highest BCUT2D eigenvalue weighted by atomic mass is 35.5. The molecule has 0 aliphatic carbocycles. The highest BCUT2D eigenvalue weighted by Crippen LogP contribution is 2.24. The monoisotopic (exact) mass is 436 g/mol. The molecule has 3 rings (SSSR count). The van der Waals surface area contributed by atoms with Gasteiger partial charge in [0.2, 0.25) is 11.8 Å². The fourth-order valence-electron chi connectivity index (χ4n) is 3.54. The molecular weight excluding hydrogens is 412 g/mol. The second-order valence-electron chi connectivity index (χ2n) is 7.29. The molecule has 1 aliphatic rings. The van der Waals surface area contributed by atoms with Crippen LogP contribution in [0.15, 0.2) is 24.4 Å². The lowest BCUT2D eigenvalue weighted by Gasteiger charge is -2.41. The van der Waals surface area contributed by atoms with Crippen molar-refractivity contribution >= 4 is 40.4 Å². The number of rotatable bonds is 9. The maximum atomic E-state index is 12.7. The fourth-order valence-corrected chi connectivity index (χ4v) is 3.75. The number of carboxylic acid groups (broad SMARTS) is 1. The number of hydrogen-bond donors (Lipinski definition) is 5. The van der Waals surface area contributed by atoms with Crippen LogP contribution >= 0.6 is 11.6 Å². The van der Waals surface area contributed by atoms with E-state index in [1.165, 1.54) is 4.90 Å². The third-order valence-electron chi connectivity index (χ3n) is 5.26. The van der Waals surface area contributed by atoms with Gasteiger partial charge in [-0.25, -0.2) is 4.79 Å². The van der Waals surface area contributed by atoms with Gasteiger partial charge in [-0.05, 0) is 43.4 Å². The molecule has 10 heteroatoms. The SMILES string of the molecule is O=C(O)N[C@H](CCCCO)C(=O)N1CC[C@H]1C(=O)NCc1ccc2[nH]cc(Cl)c2c1. The Labute approximate surface area is 178 Å². The van der Waals surface area contributed by atoms with Crippen LogP contribution in [-0.4, -0.2) is 63.2 Å². The van der Waals surface area contributed by atoms with Crippen molar-refractivity contribution in [1.29, 1.82) is 0 Å². The van der Waals surface area contributed by atoms with E-state index in [4.69, 9.17) is 21.8 Å². The van der Waals surface area contributed by atoms with Gasteiger partial charge in [-0.1, -0.05) is 17.7 Å². The molecule has 0 spiro atoms. The minimum atomic E-state index is -1.29. The maximum Gasteiger partial charge on any atom is 0.405 e. The number of nitrogens with zero attached hydrogens (tertiary/aromatic N) is 1. The zero-order chi connectivity index (χ0) is 21.7. The summed E-state index contributed by atoms with van der Waals surface area (Å²) in [6.07, 6.45) is 2.18. The molecule has 30 heavy (non-hydrogen) atoms. The molecule has 1 fully saturated rings. The van der Waals surface area contributed by atoms with Gasteiger partial charge in [0.1, 0.15) is 12.1 Å². The van der Waals surface area contributed by atoms with E-state index >= 15 is 0 Å². The summed E-state index contributed by atoms with van der Waals surface area (Å²) in [7, 11) is 0. The molecule has 1 aliphatic heterocycles. The zero-order valence-electron chi connectivity index (χ0n) is 16.4. The standard InChI is InChI=1S/C20H25ClN4O5/c21-14-11-22-15-5-4-12(9-13(14)15)10-23-18(27)17-6-7-25(17)19(28)16(24-20(29)30)3-1-2-8-26/h4-5,9,11,16-17,22,24,26H,1-3,6-8,10H2,(H,23,27)(H,29,30)/t16-,17+/m1/s1. The molecule has 0 radical (unpaired) electrons. The van der Waals surface area contributed by atoms with Crippen LogP contribution in [0.25, 0.3) is 10.9 Å². The predicted octanol–water partition coefficient (Wildman–Crippen LogP) is 1.84. The molecule has 0 unspecified atom stereocenters. The van der Waals surface area contributed by atoms with Gasteiger partial charge in [0.25, 0.3) is 0 Å². The van der Waals surface area contributed by atoms with Crippen LogP contribution in [-0.2, 0) is 16.1 Å². The number of carbonyl (C=O) groups excluding carboxylic acids is 2. The summed E-state index contributed by atoms with van der Waals surface area (Å²) in [4.78, 5) is 40.8. The second kappa shape index (κ2) is 9.82. The average Bonchev–Trinajstić information content (AvgIpc) is 3.05. The molecule has 3 amide bonds. The van der Waals surface area contributed by atoms with E-state index in [0.717, 1.165) is 16.5 Å². The molecular formula is C20H25ClN4O5. The molecule has 1 saturated heterocycles. The van der Waals surface area contributed by atoms with E-state index in [0.29, 0.717) is 37.4 Å². The van der Waals surface area contributed by atoms with Crippen LogP contribution in [0, 0.1) is 0 Å². The highest BCUT2D eigenvalue weighted by molar-refractivity contribution is 6.35. The Bertz CT molecular complexity index is 931. The first kappa shape index (κ1) is 21.9. The van der Waals surface area contributed by atoms with Crippen LogP contribution in [0.1, 0.15) is 31.2 Å². The predicted molar refractivity (Wildman–Crippen MR) is 111 cm³/mol. The Morgan fingerprint density at radius 3 is 2.77 bits per heavy atom. The Balaban J connectivity index is 1.57. The third-order valence-corrected chi connectivity index (χ3v) is 5.58. The number of benzene rings is 1. The van der Waals surface area contributed by atoms with Crippen molar-refractivity contribution in [1.82, 2.24) is 20.5 Å². The van der Waals surface area contributed by atoms with E-state index in [-0.39, 0.29) is 18.9 Å². The molecule has 5 N–H and O–H groups in total. The number of unbranched alkanes of at least 4 members (excludes halogenated alkanes) is 1. The Morgan fingerprint density at radius 1 is 1.30 bits per heavy atom. The van der Waals surface area contributed by atoms with Gasteiger partial charge >= 0.3 is 6.09 Å². The summed E-state index contributed by atoms with van der Waals surface area (Å²) in [6.45, 7) is 0.671. The lowest BCUT2D eigenvalue weighted by molar-refractivity contribution is -0.149. The molecule has 1 aromatic heterocycles. The van der Waals surface area contributed by atoms with Crippen molar-refractivity contribution in [2.75, 3.05) is 13.2 Å². The third kappa shape index (κ3) is 5.03. The Hall–Kier alpha value is -2.78. The number of carbonyl (C=O) groups is 3. The quantitative estimate of drug-likeness (QED) is 0.382. The summed E-state index contributed by atoms with van der Waals surface area (Å²) in [5.41, 5.74) is 1.79. The van der Waals surface area contributed by atoms with Gasteiger partial charge in [-0.2, -0.15) is 0 Å². The molecule has 0 bridgehead atoms. The second-order valence-corrected chi connectivity index (χ2v) is 7.70. The lowest BCUT2D eigenvalue weighted by atomic mass is 9.98. The first-order chi connectivity index (χ1) is 14.4. The number of aliphatic hydroxyl groups is 1. The lowest BCUT2D eigenvalue weighted by Crippen LogP contribution is -2.62. The zero-order valence-corrected chi connectivity index (χ0v) is 17.1. The normalized spacial score (nSPS) is 16.7. The number of nitrogens with one attached hydrogen (secondary N) is 3. The summed E-state index contributed by atoms with van der Waals surface area (Å²) < 4.78 is 0. The largest absolute Gasteiger partial charge is 0.465 e. The maximum absolute atomic E-state index is 12.7. The molecule has 0 saturated carbocycles. The van der Waals surface area contributed by atoms with Crippen LogP contribution in [0.3, 0.4) is 0 Å². The van der Waals surface area contributed by atoms with Gasteiger partial charge in [0.05, 0.1) is 5.02 Å². The molecule has 2 atom stereocenters. The van der Waals surface area contributed by atoms with E-state index < -0.39 is 24.1 Å². The Morgan fingerprint density at radius 2 is 2.10 bits per heavy atom. The van der Waals surface area contributed by atoms with Crippen LogP contribution in [0.2, 0.25) is 5.02 Å². The summed E-state index contributed by atoms with van der Waals surface area (Å²) >= 11 is 6.13. The topological polar surface area (TPSA) is 135 Å². The smallest absolute Gasteiger partial charge is 0.405 e. The van der Waals surface area contributed by atoms with Crippen molar-refractivity contribution in [3.8, 4) is 0 Å². The molecule has 1 aromatic carbocycles. The average molecular weight is 437 g/mol. The summed E-state index contributed by atoms with van der Waals surface area (Å²) in [5.74, 6) is -0.693. The highest BCUT2D eigenvalue weighted by Gasteiger charge is 2.40. The van der Waals surface area contributed by atoms with Crippen LogP contribution < -0.4 is 10.6 Å². The first-order valence-electron chi connectivity index (χ1n) is 9.84. The van der Waals surface area contributed by atoms with Crippen LogP contribution in [0.4, 0.5) is 4.79 Å². The van der Waals surface area contributed by atoms with E-state index in [1.807, 2.05) is 18.2 Å². The molecule has 2 aromatic rings. The van der Waals surface area contributed by atoms with Crippen molar-refractivity contribution in [2.24, 2.45) is 0 Å². The van der Waals surface area contributed by atoms with Crippen molar-refractivity contribution in [3.63, 3.8) is 0 Å². The number of fused-ring (bicyclic) bond motifs is 1.